The fraction of sp³-hybridized carbons (Fsp3) is 0.286. The van der Waals surface area contributed by atoms with Gasteiger partial charge in [-0.2, -0.15) is 5.10 Å². The number of aromatic nitrogens is 2. The molecule has 112 valence electrons. The molecule has 5 nitrogen and oxygen atoms in total. The summed E-state index contributed by atoms with van der Waals surface area (Å²) >= 11 is 8.36. The van der Waals surface area contributed by atoms with Gasteiger partial charge in [0.2, 0.25) is 0 Å². The van der Waals surface area contributed by atoms with Gasteiger partial charge in [-0.1, -0.05) is 18.5 Å². The molecule has 0 aliphatic carbocycles. The molecule has 0 aliphatic rings. The van der Waals surface area contributed by atoms with Crippen molar-refractivity contribution in [2.75, 3.05) is 0 Å². The maximum atomic E-state index is 11.0. The van der Waals surface area contributed by atoms with Crippen LogP contribution in [0.5, 0.6) is 5.75 Å². The Hall–Kier alpha value is -1.28. The predicted octanol–water partition coefficient (Wildman–Crippen LogP) is 3.52. The van der Waals surface area contributed by atoms with E-state index in [9.17, 15) is 4.79 Å². The van der Waals surface area contributed by atoms with Crippen LogP contribution in [0.1, 0.15) is 28.7 Å². The Bertz CT molecular complexity index is 685. The molecule has 0 unspecified atom stereocenters. The first-order chi connectivity index (χ1) is 9.93. The standard InChI is InChI=1S/C14H14ClIN2O3/c1-3-10-13(15)11(18(2)17-10)7-21-12-6-8(14(19)20)4-5-9(12)16/h4-6H,3,7H2,1-2H3,(H,19,20). The van der Waals surface area contributed by atoms with Crippen molar-refractivity contribution < 1.29 is 14.6 Å². The molecule has 0 fully saturated rings. The van der Waals surface area contributed by atoms with E-state index >= 15 is 0 Å². The minimum atomic E-state index is -0.983. The summed E-state index contributed by atoms with van der Waals surface area (Å²) in [6, 6.07) is 4.76. The van der Waals surface area contributed by atoms with E-state index in [0.717, 1.165) is 21.4 Å². The van der Waals surface area contributed by atoms with E-state index in [0.29, 0.717) is 10.8 Å². The lowest BCUT2D eigenvalue weighted by molar-refractivity contribution is 0.0696. The Morgan fingerprint density at radius 1 is 1.52 bits per heavy atom. The molecule has 0 aliphatic heterocycles. The zero-order chi connectivity index (χ0) is 15.6. The van der Waals surface area contributed by atoms with Crippen molar-refractivity contribution in [3.63, 3.8) is 0 Å². The summed E-state index contributed by atoms with van der Waals surface area (Å²) in [5.41, 5.74) is 1.78. The number of ether oxygens (including phenoxy) is 1. The second-order valence-electron chi connectivity index (χ2n) is 4.42. The number of nitrogens with zero attached hydrogens (tertiary/aromatic N) is 2. The summed E-state index contributed by atoms with van der Waals surface area (Å²) in [6.45, 7) is 2.22. The first-order valence-electron chi connectivity index (χ1n) is 6.30. The van der Waals surface area contributed by atoms with Crippen LogP contribution in [0.3, 0.4) is 0 Å². The van der Waals surface area contributed by atoms with E-state index < -0.39 is 5.97 Å². The van der Waals surface area contributed by atoms with Crippen molar-refractivity contribution in [1.29, 1.82) is 0 Å². The van der Waals surface area contributed by atoms with E-state index in [2.05, 4.69) is 27.7 Å². The lowest BCUT2D eigenvalue weighted by Gasteiger charge is -2.09. The van der Waals surface area contributed by atoms with Crippen molar-refractivity contribution in [1.82, 2.24) is 9.78 Å². The highest BCUT2D eigenvalue weighted by Gasteiger charge is 2.15. The first kappa shape index (κ1) is 16.1. The van der Waals surface area contributed by atoms with Gasteiger partial charge in [0.15, 0.2) is 0 Å². The van der Waals surface area contributed by atoms with E-state index in [-0.39, 0.29) is 12.2 Å². The second kappa shape index (κ2) is 6.65. The van der Waals surface area contributed by atoms with Gasteiger partial charge in [-0.25, -0.2) is 4.79 Å². The van der Waals surface area contributed by atoms with Gasteiger partial charge in [-0.15, -0.1) is 0 Å². The third-order valence-corrected chi connectivity index (χ3v) is 4.37. The van der Waals surface area contributed by atoms with Crippen LogP contribution >= 0.6 is 34.2 Å². The minimum absolute atomic E-state index is 0.191. The van der Waals surface area contributed by atoms with Crippen molar-refractivity contribution in [2.45, 2.75) is 20.0 Å². The van der Waals surface area contributed by atoms with Crippen LogP contribution in [-0.4, -0.2) is 20.9 Å². The molecule has 0 amide bonds. The molecule has 0 saturated carbocycles. The Morgan fingerprint density at radius 2 is 2.24 bits per heavy atom. The van der Waals surface area contributed by atoms with Crippen LogP contribution < -0.4 is 4.74 Å². The van der Waals surface area contributed by atoms with Crippen molar-refractivity contribution >= 4 is 40.2 Å². The second-order valence-corrected chi connectivity index (χ2v) is 5.96. The Balaban J connectivity index is 2.22. The summed E-state index contributed by atoms with van der Waals surface area (Å²) in [5, 5.41) is 13.9. The highest BCUT2D eigenvalue weighted by molar-refractivity contribution is 14.1. The number of hydrogen-bond acceptors (Lipinski definition) is 3. The normalized spacial score (nSPS) is 10.7. The molecule has 1 aromatic heterocycles. The van der Waals surface area contributed by atoms with Crippen molar-refractivity contribution in [2.24, 2.45) is 7.05 Å². The monoisotopic (exact) mass is 420 g/mol. The molecule has 0 spiro atoms. The molecule has 0 atom stereocenters. The van der Waals surface area contributed by atoms with Crippen LogP contribution in [0.4, 0.5) is 0 Å². The van der Waals surface area contributed by atoms with Crippen molar-refractivity contribution in [3.8, 4) is 5.75 Å². The van der Waals surface area contributed by atoms with Gasteiger partial charge in [0.1, 0.15) is 12.4 Å². The van der Waals surface area contributed by atoms with Gasteiger partial charge in [-0.05, 0) is 47.2 Å². The maximum absolute atomic E-state index is 11.0. The molecular weight excluding hydrogens is 407 g/mol. The fourth-order valence-electron chi connectivity index (χ4n) is 1.87. The third kappa shape index (κ3) is 3.49. The van der Waals surface area contributed by atoms with Crippen LogP contribution in [-0.2, 0) is 20.1 Å². The zero-order valence-corrected chi connectivity index (χ0v) is 14.5. The lowest BCUT2D eigenvalue weighted by atomic mass is 10.2. The van der Waals surface area contributed by atoms with Gasteiger partial charge in [0.25, 0.3) is 0 Å². The summed E-state index contributed by atoms with van der Waals surface area (Å²) in [4.78, 5) is 11.0. The summed E-state index contributed by atoms with van der Waals surface area (Å²) in [6.07, 6.45) is 0.749. The largest absolute Gasteiger partial charge is 0.486 e. The van der Waals surface area contributed by atoms with Gasteiger partial charge in [0.05, 0.1) is 25.5 Å². The Labute approximate surface area is 141 Å². The highest BCUT2D eigenvalue weighted by atomic mass is 127. The SMILES string of the molecule is CCc1nn(C)c(COc2cc(C(=O)O)ccc2I)c1Cl. The predicted molar refractivity (Wildman–Crippen MR) is 88.0 cm³/mol. The first-order valence-corrected chi connectivity index (χ1v) is 7.75. The topological polar surface area (TPSA) is 64.4 Å². The molecular formula is C14H14ClIN2O3. The highest BCUT2D eigenvalue weighted by Crippen LogP contribution is 2.26. The molecule has 2 rings (SSSR count). The molecule has 0 saturated heterocycles. The van der Waals surface area contributed by atoms with Gasteiger partial charge in [-0.3, -0.25) is 4.68 Å². The van der Waals surface area contributed by atoms with Crippen LogP contribution in [0.25, 0.3) is 0 Å². The number of carboxylic acid groups (broad SMARTS) is 1. The van der Waals surface area contributed by atoms with E-state index in [1.165, 1.54) is 6.07 Å². The summed E-state index contributed by atoms with van der Waals surface area (Å²) in [5.74, 6) is -0.464. The smallest absolute Gasteiger partial charge is 0.335 e. The van der Waals surface area contributed by atoms with E-state index in [4.69, 9.17) is 21.4 Å². The fourth-order valence-corrected chi connectivity index (χ4v) is 2.71. The molecule has 0 bridgehead atoms. The molecule has 21 heavy (non-hydrogen) atoms. The third-order valence-electron chi connectivity index (χ3n) is 3.05. The van der Waals surface area contributed by atoms with Crippen LogP contribution in [0, 0.1) is 3.57 Å². The van der Waals surface area contributed by atoms with Crippen molar-refractivity contribution in [3.05, 3.63) is 43.7 Å². The molecule has 1 N–H and O–H groups in total. The van der Waals surface area contributed by atoms with E-state index in [1.54, 1.807) is 16.8 Å². The Kier molecular flexibility index (Phi) is 5.10. The summed E-state index contributed by atoms with van der Waals surface area (Å²) in [7, 11) is 1.81. The summed E-state index contributed by atoms with van der Waals surface area (Å²) < 4.78 is 8.25. The van der Waals surface area contributed by atoms with Crippen LogP contribution in [0.2, 0.25) is 5.02 Å². The molecule has 0 radical (unpaired) electrons. The number of halogens is 2. The number of carbonyl (C=O) groups is 1. The number of aryl methyl sites for hydroxylation is 2. The number of carboxylic acids is 1. The molecule has 2 aromatic rings. The van der Waals surface area contributed by atoms with Gasteiger partial charge in [0, 0.05) is 7.05 Å². The number of benzene rings is 1. The zero-order valence-electron chi connectivity index (χ0n) is 11.6. The average molecular weight is 421 g/mol. The molecule has 7 heteroatoms. The maximum Gasteiger partial charge on any atom is 0.335 e. The van der Waals surface area contributed by atoms with Gasteiger partial charge < -0.3 is 9.84 Å². The number of aromatic carboxylic acids is 1. The number of hydrogen-bond donors (Lipinski definition) is 1. The Morgan fingerprint density at radius 3 is 2.81 bits per heavy atom. The lowest BCUT2D eigenvalue weighted by Crippen LogP contribution is -2.05. The molecule has 1 heterocycles. The van der Waals surface area contributed by atoms with E-state index in [1.807, 2.05) is 14.0 Å². The average Bonchev–Trinajstić information content (AvgIpc) is 2.72. The van der Waals surface area contributed by atoms with Gasteiger partial charge >= 0.3 is 5.97 Å². The number of rotatable bonds is 5. The quantitative estimate of drug-likeness (QED) is 0.752. The van der Waals surface area contributed by atoms with Crippen LogP contribution in [0.15, 0.2) is 18.2 Å². The minimum Gasteiger partial charge on any atom is -0.486 e. The molecule has 1 aromatic carbocycles.